The molecule has 0 aliphatic heterocycles. The maximum atomic E-state index is 2.34. The van der Waals surface area contributed by atoms with Crippen LogP contribution < -0.4 is 18.0 Å². The van der Waals surface area contributed by atoms with E-state index < -0.39 is 14.7 Å². The largest absolute Gasteiger partial charge is 0.0572 e. The second kappa shape index (κ2) is 16.2. The molecule has 7 aromatic rings. The van der Waals surface area contributed by atoms with Crippen LogP contribution in [0.2, 0.25) is 0 Å². The van der Waals surface area contributed by atoms with E-state index in [2.05, 4.69) is 227 Å². The van der Waals surface area contributed by atoms with Gasteiger partial charge in [-0.1, -0.05) is 47.5 Å². The number of anilines is 3. The fraction of sp³-hybridized carbons (Fsp3) is 0.0800. The first-order chi connectivity index (χ1) is 25.4. The van der Waals surface area contributed by atoms with Crippen LogP contribution in [0.3, 0.4) is 0 Å². The molecular formula is C50H44AsN. The van der Waals surface area contributed by atoms with Crippen molar-refractivity contribution in [3.63, 3.8) is 0 Å². The molecule has 7 aromatic carbocycles. The molecule has 0 aromatic heterocycles. The van der Waals surface area contributed by atoms with E-state index in [4.69, 9.17) is 0 Å². The van der Waals surface area contributed by atoms with E-state index in [0.29, 0.717) is 0 Å². The van der Waals surface area contributed by atoms with E-state index in [1.54, 1.807) is 0 Å². The summed E-state index contributed by atoms with van der Waals surface area (Å²) in [4.78, 5) is 2.31. The summed E-state index contributed by atoms with van der Waals surface area (Å²) >= 11 is -1.64. The first-order valence-corrected chi connectivity index (χ1v) is 20.7. The van der Waals surface area contributed by atoms with Gasteiger partial charge in [0.15, 0.2) is 0 Å². The van der Waals surface area contributed by atoms with Gasteiger partial charge in [0.25, 0.3) is 0 Å². The van der Waals surface area contributed by atoms with E-state index in [1.165, 1.54) is 57.6 Å². The maximum absolute atomic E-state index is 2.34. The topological polar surface area (TPSA) is 3.24 Å². The molecule has 7 rings (SSSR count). The summed E-state index contributed by atoms with van der Waals surface area (Å²) in [6.45, 7) is 8.57. The van der Waals surface area contributed by atoms with Crippen molar-refractivity contribution >= 4 is 69.1 Å². The van der Waals surface area contributed by atoms with Crippen LogP contribution in [0.4, 0.5) is 17.1 Å². The van der Waals surface area contributed by atoms with Gasteiger partial charge in [0.2, 0.25) is 0 Å². The monoisotopic (exact) mass is 733 g/mol. The van der Waals surface area contributed by atoms with Gasteiger partial charge >= 0.3 is 191 Å². The van der Waals surface area contributed by atoms with E-state index >= 15 is 0 Å². The van der Waals surface area contributed by atoms with Crippen molar-refractivity contribution in [2.45, 2.75) is 27.7 Å². The average Bonchev–Trinajstić information content (AvgIpc) is 3.18. The molecule has 0 heterocycles. The van der Waals surface area contributed by atoms with Crippen LogP contribution in [0.5, 0.6) is 0 Å². The summed E-state index contributed by atoms with van der Waals surface area (Å²) in [5.74, 6) is 0. The summed E-state index contributed by atoms with van der Waals surface area (Å²) in [6.07, 6.45) is 8.77. The Balaban J connectivity index is 1.02. The van der Waals surface area contributed by atoms with Gasteiger partial charge in [-0.3, -0.25) is 0 Å². The molecule has 0 aliphatic rings. The first kappa shape index (κ1) is 34.8. The summed E-state index contributed by atoms with van der Waals surface area (Å²) in [5.41, 5.74) is 13.3. The number of hydrogen-bond donors (Lipinski definition) is 0. The Hall–Kier alpha value is -5.62. The normalized spacial score (nSPS) is 11.5. The molecule has 1 nitrogen and oxygen atoms in total. The molecule has 0 aliphatic carbocycles. The fourth-order valence-electron chi connectivity index (χ4n) is 6.24. The SMILES string of the molecule is Cc1ccc(N(c2ccc(C)cc2)c2ccc(/C=C/c3ccc(/C=C/c4ccc([As](c5ccc(C)cc5)c5ccc(C)cc5)cc4)cc3)cc2)cc1. The van der Waals surface area contributed by atoms with Gasteiger partial charge in [0.05, 0.1) is 0 Å². The van der Waals surface area contributed by atoms with Gasteiger partial charge < -0.3 is 4.90 Å². The Morgan fingerprint density at radius 1 is 0.288 bits per heavy atom. The van der Waals surface area contributed by atoms with Crippen LogP contribution in [-0.4, -0.2) is 14.7 Å². The van der Waals surface area contributed by atoms with Crippen LogP contribution in [0.1, 0.15) is 44.5 Å². The van der Waals surface area contributed by atoms with Crippen molar-refractivity contribution in [2.75, 3.05) is 4.90 Å². The Morgan fingerprint density at radius 2 is 0.500 bits per heavy atom. The molecule has 52 heavy (non-hydrogen) atoms. The Kier molecular flexibility index (Phi) is 10.8. The Labute approximate surface area is 314 Å². The third-order valence-corrected chi connectivity index (χ3v) is 14.5. The second-order valence-electron chi connectivity index (χ2n) is 13.5. The van der Waals surface area contributed by atoms with E-state index in [9.17, 15) is 0 Å². The van der Waals surface area contributed by atoms with Crippen molar-refractivity contribution in [1.82, 2.24) is 0 Å². The van der Waals surface area contributed by atoms with Gasteiger partial charge in [-0.15, -0.1) is 0 Å². The summed E-state index contributed by atoms with van der Waals surface area (Å²) < 4.78 is 4.36. The molecule has 0 bridgehead atoms. The zero-order chi connectivity index (χ0) is 35.9. The maximum Gasteiger partial charge on any atom is -0.0374 e. The second-order valence-corrected chi connectivity index (χ2v) is 18.2. The summed E-state index contributed by atoms with van der Waals surface area (Å²) in [7, 11) is 0. The zero-order valence-corrected chi connectivity index (χ0v) is 32.2. The van der Waals surface area contributed by atoms with Crippen molar-refractivity contribution in [3.05, 3.63) is 214 Å². The fourth-order valence-corrected chi connectivity index (χ4v) is 10.9. The third kappa shape index (κ3) is 8.63. The van der Waals surface area contributed by atoms with Gasteiger partial charge in [0.1, 0.15) is 0 Å². The Morgan fingerprint density at radius 3 is 0.808 bits per heavy atom. The number of hydrogen-bond acceptors (Lipinski definition) is 1. The molecule has 0 atom stereocenters. The molecule has 0 spiro atoms. The van der Waals surface area contributed by atoms with Crippen molar-refractivity contribution in [2.24, 2.45) is 0 Å². The molecular weight excluding hydrogens is 689 g/mol. The minimum Gasteiger partial charge on any atom is -0.0572 e. The minimum absolute atomic E-state index is 1.13. The van der Waals surface area contributed by atoms with Gasteiger partial charge in [-0.2, -0.15) is 0 Å². The molecule has 0 N–H and O–H groups in total. The predicted octanol–water partition coefficient (Wildman–Crippen LogP) is 11.2. The minimum atomic E-state index is -1.64. The van der Waals surface area contributed by atoms with Crippen molar-refractivity contribution in [1.29, 1.82) is 0 Å². The number of benzene rings is 7. The third-order valence-electron chi connectivity index (χ3n) is 9.34. The number of rotatable bonds is 10. The molecule has 0 saturated heterocycles. The average molecular weight is 734 g/mol. The number of nitrogens with zero attached hydrogens (tertiary/aromatic N) is 1. The predicted molar refractivity (Wildman–Crippen MR) is 228 cm³/mol. The van der Waals surface area contributed by atoms with Crippen LogP contribution >= 0.6 is 0 Å². The summed E-state index contributed by atoms with van der Waals surface area (Å²) in [5, 5.41) is 0. The van der Waals surface area contributed by atoms with Crippen LogP contribution in [-0.2, 0) is 0 Å². The van der Waals surface area contributed by atoms with Crippen molar-refractivity contribution in [3.8, 4) is 0 Å². The molecule has 254 valence electrons. The van der Waals surface area contributed by atoms with Crippen molar-refractivity contribution < 1.29 is 0 Å². The molecule has 0 amide bonds. The quantitative estimate of drug-likeness (QED) is 0.0999. The summed E-state index contributed by atoms with van der Waals surface area (Å²) in [6, 6.07) is 62.4. The van der Waals surface area contributed by atoms with Crippen LogP contribution in [0, 0.1) is 27.7 Å². The van der Waals surface area contributed by atoms with Crippen LogP contribution in [0.25, 0.3) is 24.3 Å². The Bertz CT molecular complexity index is 2000. The zero-order valence-electron chi connectivity index (χ0n) is 30.4. The molecule has 0 radical (unpaired) electrons. The van der Waals surface area contributed by atoms with E-state index in [-0.39, 0.29) is 0 Å². The van der Waals surface area contributed by atoms with E-state index in [0.717, 1.165) is 17.1 Å². The molecule has 2 heteroatoms. The van der Waals surface area contributed by atoms with Crippen LogP contribution in [0.15, 0.2) is 170 Å². The van der Waals surface area contributed by atoms with Gasteiger partial charge in [-0.05, 0) is 55.8 Å². The standard InChI is InChI=1S/C50H44AsN/c1-37-5-25-45(26-6-37)51(46-27-7-38(2)8-28-46)47-29-21-43(22-30-47)19-17-41-13-15-42(16-14-41)18-20-44-23-35-50(36-24-44)52(48-31-9-39(3)10-32-48)49-33-11-40(4)12-34-49/h5-36H,1-4H3/b19-17+,20-18+. The molecule has 0 unspecified atom stereocenters. The molecule has 0 saturated carbocycles. The molecule has 0 fully saturated rings. The van der Waals surface area contributed by atoms with Gasteiger partial charge in [-0.25, -0.2) is 0 Å². The van der Waals surface area contributed by atoms with E-state index in [1.807, 2.05) is 0 Å². The first-order valence-electron chi connectivity index (χ1n) is 17.9. The smallest absolute Gasteiger partial charge is 0.0374 e. The van der Waals surface area contributed by atoms with Gasteiger partial charge in [0, 0.05) is 17.1 Å². The number of aryl methyl sites for hydroxylation is 4.